The van der Waals surface area contributed by atoms with Gasteiger partial charge in [-0.2, -0.15) is 0 Å². The number of carbonyl (C=O) groups excluding carboxylic acids is 1. The highest BCUT2D eigenvalue weighted by Gasteiger charge is 2.37. The van der Waals surface area contributed by atoms with Crippen LogP contribution in [-0.4, -0.2) is 49.5 Å². The molecule has 2 N–H and O–H groups in total. The van der Waals surface area contributed by atoms with Gasteiger partial charge >= 0.3 is 0 Å². The van der Waals surface area contributed by atoms with Crippen molar-refractivity contribution in [2.24, 2.45) is 10.4 Å². The third kappa shape index (κ3) is 5.94. The van der Waals surface area contributed by atoms with Crippen LogP contribution in [0.1, 0.15) is 40.5 Å². The Morgan fingerprint density at radius 1 is 1.37 bits per heavy atom. The standard InChI is InChI=1S/C14H28N4O/c1-13(2,3)17-11(19)9-18(6)12(15-5)16-10-14(4)7-8-14/h7-10H2,1-6H3,(H,15,16)(H,17,19). The second kappa shape index (κ2) is 5.80. The Morgan fingerprint density at radius 2 is 1.95 bits per heavy atom. The summed E-state index contributed by atoms with van der Waals surface area (Å²) in [4.78, 5) is 17.9. The Kier molecular flexibility index (Phi) is 4.82. The molecule has 1 amide bonds. The largest absolute Gasteiger partial charge is 0.356 e. The summed E-state index contributed by atoms with van der Waals surface area (Å²) >= 11 is 0. The fraction of sp³-hybridized carbons (Fsp3) is 0.857. The molecule has 1 saturated carbocycles. The summed E-state index contributed by atoms with van der Waals surface area (Å²) in [6, 6.07) is 0. The van der Waals surface area contributed by atoms with E-state index in [4.69, 9.17) is 0 Å². The third-order valence-electron chi connectivity index (χ3n) is 3.25. The second-order valence-electron chi connectivity index (χ2n) is 6.87. The number of rotatable bonds is 4. The Balaban J connectivity index is 2.41. The lowest BCUT2D eigenvalue weighted by Crippen LogP contribution is -2.49. The molecule has 0 spiro atoms. The minimum absolute atomic E-state index is 0.00980. The predicted molar refractivity (Wildman–Crippen MR) is 79.2 cm³/mol. The van der Waals surface area contributed by atoms with E-state index < -0.39 is 0 Å². The smallest absolute Gasteiger partial charge is 0.240 e. The molecule has 0 aromatic rings. The molecule has 19 heavy (non-hydrogen) atoms. The van der Waals surface area contributed by atoms with Crippen molar-refractivity contribution < 1.29 is 4.79 Å². The van der Waals surface area contributed by atoms with E-state index >= 15 is 0 Å². The Labute approximate surface area is 116 Å². The first kappa shape index (κ1) is 15.8. The van der Waals surface area contributed by atoms with E-state index in [-0.39, 0.29) is 11.4 Å². The van der Waals surface area contributed by atoms with Crippen molar-refractivity contribution in [3.63, 3.8) is 0 Å². The van der Waals surface area contributed by atoms with Gasteiger partial charge in [0.05, 0.1) is 6.54 Å². The van der Waals surface area contributed by atoms with Gasteiger partial charge in [0.15, 0.2) is 5.96 Å². The maximum atomic E-state index is 11.9. The van der Waals surface area contributed by atoms with Gasteiger partial charge in [0.25, 0.3) is 0 Å². The van der Waals surface area contributed by atoms with E-state index in [9.17, 15) is 4.79 Å². The van der Waals surface area contributed by atoms with Gasteiger partial charge in [-0.25, -0.2) is 0 Å². The monoisotopic (exact) mass is 268 g/mol. The van der Waals surface area contributed by atoms with Gasteiger partial charge < -0.3 is 15.5 Å². The highest BCUT2D eigenvalue weighted by molar-refractivity contribution is 5.86. The Bertz CT molecular complexity index is 353. The van der Waals surface area contributed by atoms with Crippen LogP contribution in [0.15, 0.2) is 4.99 Å². The molecule has 0 saturated heterocycles. The lowest BCUT2D eigenvalue weighted by Gasteiger charge is -2.26. The van der Waals surface area contributed by atoms with Gasteiger partial charge in [0.1, 0.15) is 0 Å². The van der Waals surface area contributed by atoms with E-state index in [1.165, 1.54) is 12.8 Å². The highest BCUT2D eigenvalue weighted by Crippen LogP contribution is 2.44. The fourth-order valence-corrected chi connectivity index (χ4v) is 1.82. The van der Waals surface area contributed by atoms with Gasteiger partial charge in [-0.1, -0.05) is 6.92 Å². The molecule has 110 valence electrons. The lowest BCUT2D eigenvalue weighted by molar-refractivity contribution is -0.122. The number of guanidine groups is 1. The number of nitrogens with one attached hydrogen (secondary N) is 2. The summed E-state index contributed by atoms with van der Waals surface area (Å²) in [5.74, 6) is 0.785. The van der Waals surface area contributed by atoms with Crippen molar-refractivity contribution >= 4 is 11.9 Å². The van der Waals surface area contributed by atoms with Crippen LogP contribution in [0.5, 0.6) is 0 Å². The third-order valence-corrected chi connectivity index (χ3v) is 3.25. The van der Waals surface area contributed by atoms with Crippen LogP contribution >= 0.6 is 0 Å². The maximum Gasteiger partial charge on any atom is 0.240 e. The van der Waals surface area contributed by atoms with Crippen LogP contribution in [0.4, 0.5) is 0 Å². The van der Waals surface area contributed by atoms with Crippen molar-refractivity contribution in [3.05, 3.63) is 0 Å². The summed E-state index contributed by atoms with van der Waals surface area (Å²) in [5, 5.41) is 6.29. The molecule has 0 aromatic heterocycles. The zero-order valence-electron chi connectivity index (χ0n) is 13.1. The quantitative estimate of drug-likeness (QED) is 0.595. The number of nitrogens with zero attached hydrogens (tertiary/aromatic N) is 2. The van der Waals surface area contributed by atoms with Crippen molar-refractivity contribution in [2.75, 3.05) is 27.2 Å². The zero-order chi connectivity index (χ0) is 14.7. The lowest BCUT2D eigenvalue weighted by atomic mass is 10.1. The van der Waals surface area contributed by atoms with E-state index in [1.54, 1.807) is 7.05 Å². The van der Waals surface area contributed by atoms with Crippen LogP contribution < -0.4 is 10.6 Å². The van der Waals surface area contributed by atoms with E-state index in [1.807, 2.05) is 32.7 Å². The molecule has 0 bridgehead atoms. The SMILES string of the molecule is CN=C(NCC1(C)CC1)N(C)CC(=O)NC(C)(C)C. The molecule has 0 atom stereocenters. The van der Waals surface area contributed by atoms with Gasteiger partial charge in [-0.05, 0) is 39.0 Å². The van der Waals surface area contributed by atoms with Crippen molar-refractivity contribution in [1.29, 1.82) is 0 Å². The number of hydrogen-bond acceptors (Lipinski definition) is 2. The Morgan fingerprint density at radius 3 is 2.37 bits per heavy atom. The number of hydrogen-bond donors (Lipinski definition) is 2. The van der Waals surface area contributed by atoms with E-state index in [0.29, 0.717) is 12.0 Å². The van der Waals surface area contributed by atoms with Crippen LogP contribution in [0, 0.1) is 5.41 Å². The van der Waals surface area contributed by atoms with Crippen LogP contribution in [0.2, 0.25) is 0 Å². The maximum absolute atomic E-state index is 11.9. The predicted octanol–water partition coefficient (Wildman–Crippen LogP) is 1.21. The molecule has 0 radical (unpaired) electrons. The first-order chi connectivity index (χ1) is 8.65. The number of carbonyl (C=O) groups is 1. The molecule has 1 rings (SSSR count). The number of aliphatic imine (C=N–C) groups is 1. The Hall–Kier alpha value is -1.26. The summed E-state index contributed by atoms with van der Waals surface area (Å²) in [6.45, 7) is 9.43. The summed E-state index contributed by atoms with van der Waals surface area (Å²) < 4.78 is 0. The number of amides is 1. The van der Waals surface area contributed by atoms with Gasteiger partial charge in [0, 0.05) is 26.2 Å². The molecule has 1 fully saturated rings. The molecule has 1 aliphatic rings. The molecule has 5 heteroatoms. The van der Waals surface area contributed by atoms with Gasteiger partial charge in [-0.15, -0.1) is 0 Å². The molecule has 0 aliphatic heterocycles. The minimum atomic E-state index is -0.198. The second-order valence-corrected chi connectivity index (χ2v) is 6.87. The first-order valence-corrected chi connectivity index (χ1v) is 6.88. The van der Waals surface area contributed by atoms with E-state index in [0.717, 1.165) is 12.5 Å². The van der Waals surface area contributed by atoms with E-state index in [2.05, 4.69) is 22.5 Å². The van der Waals surface area contributed by atoms with Gasteiger partial charge in [-0.3, -0.25) is 9.79 Å². The highest BCUT2D eigenvalue weighted by atomic mass is 16.2. The van der Waals surface area contributed by atoms with Crippen LogP contribution in [0.3, 0.4) is 0 Å². The average Bonchev–Trinajstić information content (AvgIpc) is 2.94. The minimum Gasteiger partial charge on any atom is -0.356 e. The first-order valence-electron chi connectivity index (χ1n) is 6.88. The van der Waals surface area contributed by atoms with Crippen molar-refractivity contribution in [1.82, 2.24) is 15.5 Å². The molecule has 1 aliphatic carbocycles. The molecular weight excluding hydrogens is 240 g/mol. The number of likely N-dealkylation sites (N-methyl/N-ethyl adjacent to an activating group) is 1. The van der Waals surface area contributed by atoms with Crippen LogP contribution in [-0.2, 0) is 4.79 Å². The topological polar surface area (TPSA) is 56.7 Å². The molecule has 0 unspecified atom stereocenters. The van der Waals surface area contributed by atoms with Crippen molar-refractivity contribution in [2.45, 2.75) is 46.1 Å². The molecule has 5 nitrogen and oxygen atoms in total. The summed E-state index contributed by atoms with van der Waals surface area (Å²) in [7, 11) is 3.63. The normalized spacial score (nSPS) is 17.9. The fourth-order valence-electron chi connectivity index (χ4n) is 1.82. The van der Waals surface area contributed by atoms with Gasteiger partial charge in [0.2, 0.25) is 5.91 Å². The summed E-state index contributed by atoms with van der Waals surface area (Å²) in [6.07, 6.45) is 2.54. The van der Waals surface area contributed by atoms with Crippen LogP contribution in [0.25, 0.3) is 0 Å². The summed E-state index contributed by atoms with van der Waals surface area (Å²) in [5.41, 5.74) is 0.223. The molecule has 0 heterocycles. The average molecular weight is 268 g/mol. The van der Waals surface area contributed by atoms with Crippen molar-refractivity contribution in [3.8, 4) is 0 Å². The zero-order valence-corrected chi connectivity index (χ0v) is 13.1. The molecular formula is C14H28N4O. The molecule has 0 aromatic carbocycles.